The summed E-state index contributed by atoms with van der Waals surface area (Å²) >= 11 is 0. The van der Waals surface area contributed by atoms with Gasteiger partial charge in [-0.1, -0.05) is 6.92 Å². The van der Waals surface area contributed by atoms with Crippen molar-refractivity contribution in [1.82, 2.24) is 14.5 Å². The Balaban J connectivity index is 2.44. The van der Waals surface area contributed by atoms with Crippen molar-refractivity contribution in [3.8, 4) is 0 Å². The van der Waals surface area contributed by atoms with Crippen LogP contribution in [0.5, 0.6) is 0 Å². The SMILES string of the molecule is CCCN(CC(=O)O)C(=O)CCn1ccnc1. The number of hydrogen-bond donors (Lipinski definition) is 1. The molecule has 0 aromatic carbocycles. The van der Waals surface area contributed by atoms with Gasteiger partial charge in [0.15, 0.2) is 0 Å². The average molecular weight is 239 g/mol. The van der Waals surface area contributed by atoms with Crippen LogP contribution >= 0.6 is 0 Å². The fourth-order valence-electron chi connectivity index (χ4n) is 1.53. The van der Waals surface area contributed by atoms with E-state index in [-0.39, 0.29) is 12.5 Å². The summed E-state index contributed by atoms with van der Waals surface area (Å²) in [5, 5.41) is 8.70. The van der Waals surface area contributed by atoms with E-state index in [1.165, 1.54) is 4.90 Å². The molecule has 1 heterocycles. The summed E-state index contributed by atoms with van der Waals surface area (Å²) in [5.74, 6) is -1.11. The Kier molecular flexibility index (Phi) is 5.19. The van der Waals surface area contributed by atoms with Crippen LogP contribution in [-0.4, -0.2) is 44.5 Å². The Bertz CT molecular complexity index is 362. The zero-order chi connectivity index (χ0) is 12.7. The zero-order valence-corrected chi connectivity index (χ0v) is 9.87. The van der Waals surface area contributed by atoms with Gasteiger partial charge in [-0.05, 0) is 6.42 Å². The van der Waals surface area contributed by atoms with Crippen LogP contribution in [0.15, 0.2) is 18.7 Å². The van der Waals surface area contributed by atoms with Crippen molar-refractivity contribution in [2.45, 2.75) is 26.3 Å². The molecule has 1 N–H and O–H groups in total. The van der Waals surface area contributed by atoms with Gasteiger partial charge in [0.05, 0.1) is 6.33 Å². The number of imidazole rings is 1. The van der Waals surface area contributed by atoms with Crippen LogP contribution in [0.25, 0.3) is 0 Å². The second kappa shape index (κ2) is 6.67. The molecular weight excluding hydrogens is 222 g/mol. The lowest BCUT2D eigenvalue weighted by molar-refractivity contribution is -0.144. The van der Waals surface area contributed by atoms with Gasteiger partial charge in [0.1, 0.15) is 6.54 Å². The number of aryl methyl sites for hydroxylation is 1. The van der Waals surface area contributed by atoms with Crippen molar-refractivity contribution in [1.29, 1.82) is 0 Å². The van der Waals surface area contributed by atoms with E-state index in [2.05, 4.69) is 4.98 Å². The molecule has 0 aliphatic heterocycles. The Labute approximate surface area is 99.9 Å². The van der Waals surface area contributed by atoms with Crippen molar-refractivity contribution < 1.29 is 14.7 Å². The highest BCUT2D eigenvalue weighted by molar-refractivity contribution is 5.81. The van der Waals surface area contributed by atoms with E-state index >= 15 is 0 Å². The van der Waals surface area contributed by atoms with E-state index in [1.54, 1.807) is 23.3 Å². The van der Waals surface area contributed by atoms with Crippen LogP contribution in [0.1, 0.15) is 19.8 Å². The normalized spacial score (nSPS) is 10.2. The summed E-state index contributed by atoms with van der Waals surface area (Å²) in [4.78, 5) is 27.7. The van der Waals surface area contributed by atoms with Gasteiger partial charge in [0, 0.05) is 31.9 Å². The molecule has 0 saturated heterocycles. The Morgan fingerprint density at radius 1 is 1.47 bits per heavy atom. The molecule has 94 valence electrons. The largest absolute Gasteiger partial charge is 0.480 e. The van der Waals surface area contributed by atoms with Gasteiger partial charge in [-0.3, -0.25) is 9.59 Å². The Hall–Kier alpha value is -1.85. The first kappa shape index (κ1) is 13.2. The molecule has 6 heteroatoms. The molecule has 0 saturated carbocycles. The van der Waals surface area contributed by atoms with Gasteiger partial charge in [-0.2, -0.15) is 0 Å². The van der Waals surface area contributed by atoms with Gasteiger partial charge in [0.2, 0.25) is 5.91 Å². The third-order valence-corrected chi connectivity index (χ3v) is 2.32. The summed E-state index contributed by atoms with van der Waals surface area (Å²) in [5.41, 5.74) is 0. The minimum absolute atomic E-state index is 0.136. The summed E-state index contributed by atoms with van der Waals surface area (Å²) in [6.45, 7) is 2.70. The third kappa shape index (κ3) is 4.67. The van der Waals surface area contributed by atoms with Gasteiger partial charge in [0.25, 0.3) is 0 Å². The molecular formula is C11H17N3O3. The van der Waals surface area contributed by atoms with Crippen LogP contribution in [0.3, 0.4) is 0 Å². The molecule has 6 nitrogen and oxygen atoms in total. The van der Waals surface area contributed by atoms with Crippen LogP contribution in [0.2, 0.25) is 0 Å². The minimum atomic E-state index is -0.977. The van der Waals surface area contributed by atoms with Crippen molar-refractivity contribution in [3.05, 3.63) is 18.7 Å². The van der Waals surface area contributed by atoms with Gasteiger partial charge < -0.3 is 14.6 Å². The molecule has 17 heavy (non-hydrogen) atoms. The predicted octanol–water partition coefficient (Wildman–Crippen LogP) is 0.596. The number of rotatable bonds is 7. The van der Waals surface area contributed by atoms with E-state index in [0.717, 1.165) is 6.42 Å². The highest BCUT2D eigenvalue weighted by atomic mass is 16.4. The molecule has 0 radical (unpaired) electrons. The van der Waals surface area contributed by atoms with Crippen LogP contribution in [0, 0.1) is 0 Å². The van der Waals surface area contributed by atoms with Gasteiger partial charge >= 0.3 is 5.97 Å². The zero-order valence-electron chi connectivity index (χ0n) is 9.87. The molecule has 0 unspecified atom stereocenters. The number of carboxylic acids is 1. The molecule has 1 rings (SSSR count). The second-order valence-corrected chi connectivity index (χ2v) is 3.76. The fourth-order valence-corrected chi connectivity index (χ4v) is 1.53. The number of carboxylic acid groups (broad SMARTS) is 1. The van der Waals surface area contributed by atoms with Crippen LogP contribution in [0.4, 0.5) is 0 Å². The molecule has 0 bridgehead atoms. The van der Waals surface area contributed by atoms with E-state index in [0.29, 0.717) is 19.5 Å². The minimum Gasteiger partial charge on any atom is -0.480 e. The van der Waals surface area contributed by atoms with Crippen molar-refractivity contribution in [2.75, 3.05) is 13.1 Å². The molecule has 0 aliphatic rings. The maximum absolute atomic E-state index is 11.8. The highest BCUT2D eigenvalue weighted by Crippen LogP contribution is 1.99. The lowest BCUT2D eigenvalue weighted by atomic mass is 10.3. The average Bonchev–Trinajstić information content (AvgIpc) is 2.77. The lowest BCUT2D eigenvalue weighted by Crippen LogP contribution is -2.36. The number of carbonyl (C=O) groups is 2. The quantitative estimate of drug-likeness (QED) is 0.756. The molecule has 0 atom stereocenters. The summed E-state index contributed by atoms with van der Waals surface area (Å²) in [6, 6.07) is 0. The molecule has 1 amide bonds. The number of hydrogen-bond acceptors (Lipinski definition) is 3. The van der Waals surface area contributed by atoms with Gasteiger partial charge in [-0.25, -0.2) is 4.98 Å². The summed E-state index contributed by atoms with van der Waals surface area (Å²) in [6.07, 6.45) is 6.10. The Morgan fingerprint density at radius 3 is 2.76 bits per heavy atom. The smallest absolute Gasteiger partial charge is 0.323 e. The van der Waals surface area contributed by atoms with E-state index in [1.807, 2.05) is 6.92 Å². The highest BCUT2D eigenvalue weighted by Gasteiger charge is 2.15. The standard InChI is InChI=1S/C11H17N3O3/c1-2-5-14(8-11(16)17)10(15)3-6-13-7-4-12-9-13/h4,7,9H,2-3,5-6,8H2,1H3,(H,16,17). The number of aromatic nitrogens is 2. The number of aliphatic carboxylic acids is 1. The fraction of sp³-hybridized carbons (Fsp3) is 0.545. The monoisotopic (exact) mass is 239 g/mol. The maximum atomic E-state index is 11.8. The third-order valence-electron chi connectivity index (χ3n) is 2.32. The topological polar surface area (TPSA) is 75.4 Å². The van der Waals surface area contributed by atoms with Crippen molar-refractivity contribution >= 4 is 11.9 Å². The molecule has 0 fully saturated rings. The number of amides is 1. The maximum Gasteiger partial charge on any atom is 0.323 e. The first-order chi connectivity index (χ1) is 8.13. The Morgan fingerprint density at radius 2 is 2.24 bits per heavy atom. The summed E-state index contributed by atoms with van der Waals surface area (Å²) in [7, 11) is 0. The molecule has 0 spiro atoms. The lowest BCUT2D eigenvalue weighted by Gasteiger charge is -2.19. The van der Waals surface area contributed by atoms with E-state index in [4.69, 9.17) is 5.11 Å². The van der Waals surface area contributed by atoms with Gasteiger partial charge in [-0.15, -0.1) is 0 Å². The van der Waals surface area contributed by atoms with Crippen LogP contribution in [-0.2, 0) is 16.1 Å². The first-order valence-electron chi connectivity index (χ1n) is 5.58. The summed E-state index contributed by atoms with van der Waals surface area (Å²) < 4.78 is 1.79. The second-order valence-electron chi connectivity index (χ2n) is 3.76. The van der Waals surface area contributed by atoms with E-state index < -0.39 is 5.97 Å². The predicted molar refractivity (Wildman–Crippen MR) is 61.4 cm³/mol. The molecule has 0 aliphatic carbocycles. The van der Waals surface area contributed by atoms with Crippen molar-refractivity contribution in [2.24, 2.45) is 0 Å². The van der Waals surface area contributed by atoms with Crippen LogP contribution < -0.4 is 0 Å². The van der Waals surface area contributed by atoms with E-state index in [9.17, 15) is 9.59 Å². The first-order valence-corrected chi connectivity index (χ1v) is 5.58. The number of carbonyl (C=O) groups excluding carboxylic acids is 1. The van der Waals surface area contributed by atoms with Crippen molar-refractivity contribution in [3.63, 3.8) is 0 Å². The molecule has 1 aromatic rings. The number of nitrogens with zero attached hydrogens (tertiary/aromatic N) is 3. The molecule has 1 aromatic heterocycles.